The summed E-state index contributed by atoms with van der Waals surface area (Å²) in [5, 5.41) is 18.2. The molecule has 6 heteroatoms. The van der Waals surface area contributed by atoms with Gasteiger partial charge in [0.15, 0.2) is 0 Å². The van der Waals surface area contributed by atoms with Crippen molar-refractivity contribution in [1.82, 2.24) is 20.0 Å². The number of hydrogen-bond donors (Lipinski definition) is 2. The molecule has 0 radical (unpaired) electrons. The standard InChI is InChI=1S/C21H28N4O2/c26-21(27)15-24-11-7-19(8-12-24)25-20-4-3-17(13-18(20)14-23-25)2-1-16-5-9-22-10-6-16/h1-4,13-14,16,19,22H,5-12,15H2,(H,26,27)/b2-1-. The van der Waals surface area contributed by atoms with E-state index < -0.39 is 5.97 Å². The van der Waals surface area contributed by atoms with Crippen LogP contribution in [0.15, 0.2) is 30.5 Å². The zero-order valence-electron chi connectivity index (χ0n) is 15.7. The van der Waals surface area contributed by atoms with Crippen molar-refractivity contribution in [1.29, 1.82) is 0 Å². The average Bonchev–Trinajstić information content (AvgIpc) is 3.10. The molecule has 2 N–H and O–H groups in total. The van der Waals surface area contributed by atoms with Crippen molar-refractivity contribution in [2.24, 2.45) is 5.92 Å². The third-order valence-electron chi connectivity index (χ3n) is 5.83. The Morgan fingerprint density at radius 1 is 1.22 bits per heavy atom. The van der Waals surface area contributed by atoms with Gasteiger partial charge in [-0.3, -0.25) is 14.4 Å². The Balaban J connectivity index is 1.43. The third-order valence-corrected chi connectivity index (χ3v) is 5.83. The fraction of sp³-hybridized carbons (Fsp3) is 0.524. The lowest BCUT2D eigenvalue weighted by Gasteiger charge is -2.31. The number of likely N-dealkylation sites (tertiary alicyclic amines) is 1. The van der Waals surface area contributed by atoms with Crippen LogP contribution in [0.4, 0.5) is 0 Å². The Morgan fingerprint density at radius 2 is 2.00 bits per heavy atom. The molecule has 27 heavy (non-hydrogen) atoms. The van der Waals surface area contributed by atoms with Crippen molar-refractivity contribution in [2.45, 2.75) is 31.7 Å². The number of carboxylic acid groups (broad SMARTS) is 1. The number of nitrogens with one attached hydrogen (secondary N) is 1. The van der Waals surface area contributed by atoms with E-state index in [0.29, 0.717) is 12.0 Å². The van der Waals surface area contributed by atoms with Gasteiger partial charge in [0.1, 0.15) is 0 Å². The summed E-state index contributed by atoms with van der Waals surface area (Å²) in [5.41, 5.74) is 2.41. The van der Waals surface area contributed by atoms with Crippen molar-refractivity contribution >= 4 is 22.9 Å². The van der Waals surface area contributed by atoms with Gasteiger partial charge in [-0.25, -0.2) is 0 Å². The number of aliphatic carboxylic acids is 1. The highest BCUT2D eigenvalue weighted by molar-refractivity contribution is 5.81. The van der Waals surface area contributed by atoms with Crippen LogP contribution in [0.25, 0.3) is 17.0 Å². The predicted molar refractivity (Wildman–Crippen MR) is 107 cm³/mol. The maximum absolute atomic E-state index is 10.9. The molecule has 2 aliphatic heterocycles. The fourth-order valence-corrected chi connectivity index (χ4v) is 4.26. The minimum atomic E-state index is -0.747. The first-order valence-electron chi connectivity index (χ1n) is 9.99. The highest BCUT2D eigenvalue weighted by atomic mass is 16.4. The van der Waals surface area contributed by atoms with Crippen LogP contribution in [0.2, 0.25) is 0 Å². The van der Waals surface area contributed by atoms with E-state index in [1.807, 2.05) is 11.1 Å². The molecule has 0 unspecified atom stereocenters. The second kappa shape index (κ2) is 8.23. The highest BCUT2D eigenvalue weighted by Gasteiger charge is 2.23. The first-order chi connectivity index (χ1) is 13.2. The van der Waals surface area contributed by atoms with Crippen molar-refractivity contribution < 1.29 is 9.90 Å². The van der Waals surface area contributed by atoms with Crippen LogP contribution in [0.5, 0.6) is 0 Å². The fourth-order valence-electron chi connectivity index (χ4n) is 4.26. The Kier molecular flexibility index (Phi) is 5.55. The lowest BCUT2D eigenvalue weighted by molar-refractivity contribution is -0.138. The van der Waals surface area contributed by atoms with Gasteiger partial charge in [-0.15, -0.1) is 0 Å². The molecule has 3 heterocycles. The Bertz CT molecular complexity index is 815. The zero-order chi connectivity index (χ0) is 18.6. The number of fused-ring (bicyclic) bond motifs is 1. The molecule has 2 fully saturated rings. The second-order valence-corrected chi connectivity index (χ2v) is 7.75. The number of carbonyl (C=O) groups is 1. The molecule has 2 saturated heterocycles. The van der Waals surface area contributed by atoms with Crippen molar-refractivity contribution in [2.75, 3.05) is 32.7 Å². The van der Waals surface area contributed by atoms with Gasteiger partial charge in [-0.05, 0) is 62.4 Å². The molecule has 0 bridgehead atoms. The number of rotatable bonds is 5. The molecule has 144 valence electrons. The Morgan fingerprint density at radius 3 is 2.74 bits per heavy atom. The molecule has 0 spiro atoms. The summed E-state index contributed by atoms with van der Waals surface area (Å²) >= 11 is 0. The van der Waals surface area contributed by atoms with Gasteiger partial charge in [0, 0.05) is 18.5 Å². The van der Waals surface area contributed by atoms with E-state index in [0.717, 1.165) is 39.0 Å². The van der Waals surface area contributed by atoms with Crippen LogP contribution < -0.4 is 5.32 Å². The largest absolute Gasteiger partial charge is 0.480 e. The van der Waals surface area contributed by atoms with Crippen LogP contribution in [-0.2, 0) is 4.79 Å². The molecule has 1 aromatic carbocycles. The van der Waals surface area contributed by atoms with Gasteiger partial charge >= 0.3 is 5.97 Å². The maximum atomic E-state index is 10.9. The Labute approximate surface area is 159 Å². The number of nitrogens with zero attached hydrogens (tertiary/aromatic N) is 3. The van der Waals surface area contributed by atoms with E-state index in [2.05, 4.69) is 45.4 Å². The molecule has 1 aromatic heterocycles. The summed E-state index contributed by atoms with van der Waals surface area (Å²) in [6.45, 7) is 4.00. The van der Waals surface area contributed by atoms with E-state index in [9.17, 15) is 4.79 Å². The van der Waals surface area contributed by atoms with Crippen LogP contribution in [0, 0.1) is 5.92 Å². The number of carboxylic acids is 1. The SMILES string of the molecule is O=C(O)CN1CCC(n2ncc3cc(/C=C\C4CCNCC4)ccc32)CC1. The summed E-state index contributed by atoms with van der Waals surface area (Å²) in [6.07, 6.45) is 10.9. The first kappa shape index (κ1) is 18.2. The quantitative estimate of drug-likeness (QED) is 0.849. The lowest BCUT2D eigenvalue weighted by Crippen LogP contribution is -2.38. The summed E-state index contributed by atoms with van der Waals surface area (Å²) < 4.78 is 2.13. The van der Waals surface area contributed by atoms with E-state index in [1.165, 1.54) is 29.3 Å². The summed E-state index contributed by atoms with van der Waals surface area (Å²) in [4.78, 5) is 12.9. The number of benzene rings is 1. The van der Waals surface area contributed by atoms with Crippen LogP contribution >= 0.6 is 0 Å². The van der Waals surface area contributed by atoms with E-state index in [-0.39, 0.29) is 6.54 Å². The van der Waals surface area contributed by atoms with Gasteiger partial charge < -0.3 is 10.4 Å². The number of allylic oxidation sites excluding steroid dienone is 1. The number of hydrogen-bond acceptors (Lipinski definition) is 4. The summed E-state index contributed by atoms with van der Waals surface area (Å²) in [5.74, 6) is -0.0660. The molecule has 2 aliphatic rings. The zero-order valence-corrected chi connectivity index (χ0v) is 15.7. The minimum absolute atomic E-state index is 0.138. The molecular formula is C21H28N4O2. The monoisotopic (exact) mass is 368 g/mol. The summed E-state index contributed by atoms with van der Waals surface area (Å²) in [6, 6.07) is 6.92. The smallest absolute Gasteiger partial charge is 0.317 e. The van der Waals surface area contributed by atoms with Crippen LogP contribution in [0.1, 0.15) is 37.3 Å². The third kappa shape index (κ3) is 4.39. The minimum Gasteiger partial charge on any atom is -0.480 e. The van der Waals surface area contributed by atoms with Gasteiger partial charge in [0.05, 0.1) is 24.3 Å². The van der Waals surface area contributed by atoms with E-state index in [4.69, 9.17) is 5.11 Å². The molecule has 0 atom stereocenters. The van der Waals surface area contributed by atoms with E-state index in [1.54, 1.807) is 0 Å². The molecule has 6 nitrogen and oxygen atoms in total. The van der Waals surface area contributed by atoms with Gasteiger partial charge in [0.2, 0.25) is 0 Å². The molecule has 0 saturated carbocycles. The van der Waals surface area contributed by atoms with Crippen molar-refractivity contribution in [3.8, 4) is 0 Å². The highest BCUT2D eigenvalue weighted by Crippen LogP contribution is 2.27. The van der Waals surface area contributed by atoms with Crippen LogP contribution in [0.3, 0.4) is 0 Å². The second-order valence-electron chi connectivity index (χ2n) is 7.75. The van der Waals surface area contributed by atoms with E-state index >= 15 is 0 Å². The predicted octanol–water partition coefficient (Wildman–Crippen LogP) is 2.77. The van der Waals surface area contributed by atoms with Crippen molar-refractivity contribution in [3.63, 3.8) is 0 Å². The normalized spacial score (nSPS) is 20.6. The summed E-state index contributed by atoms with van der Waals surface area (Å²) in [7, 11) is 0. The Hall–Kier alpha value is -2.18. The van der Waals surface area contributed by atoms with Crippen molar-refractivity contribution in [3.05, 3.63) is 36.0 Å². The van der Waals surface area contributed by atoms with Gasteiger partial charge in [0.25, 0.3) is 0 Å². The number of piperidine rings is 2. The number of aromatic nitrogens is 2. The lowest BCUT2D eigenvalue weighted by atomic mass is 9.97. The molecule has 2 aromatic rings. The molecule has 0 amide bonds. The topological polar surface area (TPSA) is 70.4 Å². The first-order valence-corrected chi connectivity index (χ1v) is 9.99. The van der Waals surface area contributed by atoms with Gasteiger partial charge in [-0.2, -0.15) is 5.10 Å². The van der Waals surface area contributed by atoms with Crippen LogP contribution in [-0.4, -0.2) is 58.5 Å². The molecular weight excluding hydrogens is 340 g/mol. The van der Waals surface area contributed by atoms with Gasteiger partial charge in [-0.1, -0.05) is 18.2 Å². The molecule has 4 rings (SSSR count). The average molecular weight is 368 g/mol. The molecule has 0 aliphatic carbocycles. The maximum Gasteiger partial charge on any atom is 0.317 e.